The van der Waals surface area contributed by atoms with E-state index < -0.39 is 17.9 Å². The lowest BCUT2D eigenvalue weighted by Gasteiger charge is -2.42. The number of alkyl halides is 3. The minimum atomic E-state index is -4.75. The van der Waals surface area contributed by atoms with E-state index in [1.165, 1.54) is 18.2 Å². The SMILES string of the molecule is CC1c2cc(OC(F)(F)F)ccc2N[C@@H]1C(=O)NC1(c2cnn(C)c2)CCC1. The summed E-state index contributed by atoms with van der Waals surface area (Å²) in [5.74, 6) is -0.755. The molecular weight excluding hydrogens is 373 g/mol. The Bertz CT molecular complexity index is 905. The molecule has 0 radical (unpaired) electrons. The lowest BCUT2D eigenvalue weighted by Crippen LogP contribution is -2.54. The number of rotatable bonds is 4. The summed E-state index contributed by atoms with van der Waals surface area (Å²) in [4.78, 5) is 13.0. The maximum Gasteiger partial charge on any atom is 0.573 e. The molecule has 0 spiro atoms. The Labute approximate surface area is 160 Å². The van der Waals surface area contributed by atoms with Crippen molar-refractivity contribution in [2.24, 2.45) is 7.05 Å². The molecule has 0 bridgehead atoms. The van der Waals surface area contributed by atoms with Crippen LogP contribution in [0.4, 0.5) is 18.9 Å². The molecule has 2 aromatic rings. The number of nitrogens with zero attached hydrogens (tertiary/aromatic N) is 2. The fourth-order valence-corrected chi connectivity index (χ4v) is 4.01. The monoisotopic (exact) mass is 394 g/mol. The summed E-state index contributed by atoms with van der Waals surface area (Å²) in [6, 6.07) is 3.54. The highest BCUT2D eigenvalue weighted by molar-refractivity contribution is 5.89. The molecule has 150 valence electrons. The Morgan fingerprint density at radius 2 is 2.14 bits per heavy atom. The normalized spacial score (nSPS) is 22.8. The molecule has 1 fully saturated rings. The van der Waals surface area contributed by atoms with Crippen molar-refractivity contribution in [3.63, 3.8) is 0 Å². The maximum atomic E-state index is 13.0. The molecule has 6 nitrogen and oxygen atoms in total. The van der Waals surface area contributed by atoms with E-state index in [-0.39, 0.29) is 17.6 Å². The summed E-state index contributed by atoms with van der Waals surface area (Å²) in [6.07, 6.45) is 1.60. The second kappa shape index (κ2) is 6.42. The van der Waals surface area contributed by atoms with Crippen LogP contribution in [0.1, 0.15) is 43.2 Å². The van der Waals surface area contributed by atoms with Gasteiger partial charge in [-0.1, -0.05) is 6.92 Å². The maximum absolute atomic E-state index is 13.0. The molecule has 1 saturated carbocycles. The van der Waals surface area contributed by atoms with Gasteiger partial charge in [-0.25, -0.2) is 0 Å². The number of nitrogens with one attached hydrogen (secondary N) is 2. The quantitative estimate of drug-likeness (QED) is 0.834. The number of carbonyl (C=O) groups is 1. The van der Waals surface area contributed by atoms with Gasteiger partial charge < -0.3 is 15.4 Å². The van der Waals surface area contributed by atoms with Gasteiger partial charge in [0.2, 0.25) is 5.91 Å². The molecular formula is C19H21F3N4O2. The van der Waals surface area contributed by atoms with E-state index in [1.807, 2.05) is 20.2 Å². The van der Waals surface area contributed by atoms with Crippen molar-refractivity contribution >= 4 is 11.6 Å². The average molecular weight is 394 g/mol. The Morgan fingerprint density at radius 1 is 1.39 bits per heavy atom. The van der Waals surface area contributed by atoms with Gasteiger partial charge in [0, 0.05) is 30.4 Å². The number of ether oxygens (including phenoxy) is 1. The van der Waals surface area contributed by atoms with Crippen LogP contribution >= 0.6 is 0 Å². The minimum Gasteiger partial charge on any atom is -0.406 e. The van der Waals surface area contributed by atoms with Crippen molar-refractivity contribution in [3.05, 3.63) is 41.7 Å². The first-order valence-electron chi connectivity index (χ1n) is 9.14. The van der Waals surface area contributed by atoms with Gasteiger partial charge in [-0.05, 0) is 43.0 Å². The Balaban J connectivity index is 1.51. The smallest absolute Gasteiger partial charge is 0.406 e. The number of hydrogen-bond donors (Lipinski definition) is 2. The van der Waals surface area contributed by atoms with Crippen molar-refractivity contribution < 1.29 is 22.7 Å². The molecule has 9 heteroatoms. The van der Waals surface area contributed by atoms with Gasteiger partial charge in [-0.15, -0.1) is 13.2 Å². The predicted octanol–water partition coefficient (Wildman–Crippen LogP) is 3.41. The number of aromatic nitrogens is 2. The van der Waals surface area contributed by atoms with Crippen LogP contribution in [0.3, 0.4) is 0 Å². The van der Waals surface area contributed by atoms with Crippen LogP contribution in [0.5, 0.6) is 5.75 Å². The number of aryl methyl sites for hydroxylation is 1. The van der Waals surface area contributed by atoms with E-state index in [4.69, 9.17) is 0 Å². The second-order valence-electron chi connectivity index (χ2n) is 7.54. The van der Waals surface area contributed by atoms with E-state index in [1.54, 1.807) is 10.9 Å². The van der Waals surface area contributed by atoms with Crippen LogP contribution in [0.15, 0.2) is 30.6 Å². The van der Waals surface area contributed by atoms with Crippen molar-refractivity contribution in [1.82, 2.24) is 15.1 Å². The van der Waals surface area contributed by atoms with Gasteiger partial charge in [0.1, 0.15) is 11.8 Å². The van der Waals surface area contributed by atoms with Crippen LogP contribution in [-0.4, -0.2) is 28.1 Å². The van der Waals surface area contributed by atoms with E-state index in [0.717, 1.165) is 24.8 Å². The fraction of sp³-hybridized carbons (Fsp3) is 0.474. The van der Waals surface area contributed by atoms with E-state index in [2.05, 4.69) is 20.5 Å². The molecule has 2 aliphatic rings. The fourth-order valence-electron chi connectivity index (χ4n) is 4.01. The van der Waals surface area contributed by atoms with Crippen LogP contribution in [0.2, 0.25) is 0 Å². The van der Waals surface area contributed by atoms with Gasteiger partial charge in [-0.3, -0.25) is 9.48 Å². The zero-order valence-corrected chi connectivity index (χ0v) is 15.5. The highest BCUT2D eigenvalue weighted by Crippen LogP contribution is 2.43. The topological polar surface area (TPSA) is 68.2 Å². The van der Waals surface area contributed by atoms with Crippen LogP contribution in [0.25, 0.3) is 0 Å². The predicted molar refractivity (Wildman–Crippen MR) is 95.8 cm³/mol. The second-order valence-corrected chi connectivity index (χ2v) is 7.54. The summed E-state index contributed by atoms with van der Waals surface area (Å²) in [5.41, 5.74) is 1.82. The van der Waals surface area contributed by atoms with Gasteiger partial charge in [0.05, 0.1) is 11.7 Å². The molecule has 2 atom stereocenters. The number of carbonyl (C=O) groups excluding carboxylic acids is 1. The van der Waals surface area contributed by atoms with E-state index >= 15 is 0 Å². The molecule has 1 aromatic heterocycles. The molecule has 1 aromatic carbocycles. The van der Waals surface area contributed by atoms with Gasteiger partial charge in [0.25, 0.3) is 0 Å². The Morgan fingerprint density at radius 3 is 2.71 bits per heavy atom. The largest absolute Gasteiger partial charge is 0.573 e. The molecule has 1 aliphatic heterocycles. The molecule has 2 N–H and O–H groups in total. The highest BCUT2D eigenvalue weighted by atomic mass is 19.4. The molecule has 4 rings (SSSR count). The summed E-state index contributed by atoms with van der Waals surface area (Å²) >= 11 is 0. The lowest BCUT2D eigenvalue weighted by molar-refractivity contribution is -0.274. The third-order valence-electron chi connectivity index (χ3n) is 5.67. The lowest BCUT2D eigenvalue weighted by atomic mass is 9.72. The van der Waals surface area contributed by atoms with Gasteiger partial charge in [-0.2, -0.15) is 5.10 Å². The number of hydrogen-bond acceptors (Lipinski definition) is 4. The Kier molecular flexibility index (Phi) is 4.28. The number of fused-ring (bicyclic) bond motifs is 1. The number of halogens is 3. The van der Waals surface area contributed by atoms with Crippen molar-refractivity contribution in [2.45, 2.75) is 50.0 Å². The first-order chi connectivity index (χ1) is 13.2. The first-order valence-corrected chi connectivity index (χ1v) is 9.14. The number of anilines is 1. The number of amides is 1. The molecule has 1 unspecified atom stereocenters. The van der Waals surface area contributed by atoms with Crippen LogP contribution < -0.4 is 15.4 Å². The zero-order valence-electron chi connectivity index (χ0n) is 15.5. The summed E-state index contributed by atoms with van der Waals surface area (Å²) in [5, 5.41) is 10.5. The summed E-state index contributed by atoms with van der Waals surface area (Å²) in [6.45, 7) is 1.82. The van der Waals surface area contributed by atoms with Gasteiger partial charge in [0.15, 0.2) is 0 Å². The van der Waals surface area contributed by atoms with Crippen molar-refractivity contribution in [3.8, 4) is 5.75 Å². The van der Waals surface area contributed by atoms with Crippen molar-refractivity contribution in [1.29, 1.82) is 0 Å². The van der Waals surface area contributed by atoms with E-state index in [0.29, 0.717) is 11.3 Å². The van der Waals surface area contributed by atoms with E-state index in [9.17, 15) is 18.0 Å². The molecule has 0 saturated heterocycles. The standard InChI is InChI=1S/C19H21F3N4O2/c1-11-14-8-13(28-19(20,21)22)4-5-15(14)24-16(11)17(27)25-18(6-3-7-18)12-9-23-26(2)10-12/h4-5,8-11,16,24H,3,6-7H2,1-2H3,(H,25,27)/t11?,16-/m0/s1. The highest BCUT2D eigenvalue weighted by Gasteiger charge is 2.44. The molecule has 1 amide bonds. The van der Waals surface area contributed by atoms with Crippen LogP contribution in [0, 0.1) is 0 Å². The average Bonchev–Trinajstić information content (AvgIpc) is 3.14. The molecule has 28 heavy (non-hydrogen) atoms. The number of benzene rings is 1. The third kappa shape index (κ3) is 3.29. The van der Waals surface area contributed by atoms with Gasteiger partial charge >= 0.3 is 6.36 Å². The third-order valence-corrected chi connectivity index (χ3v) is 5.67. The summed E-state index contributed by atoms with van der Waals surface area (Å²) < 4.78 is 43.1. The Hall–Kier alpha value is -2.71. The van der Waals surface area contributed by atoms with Crippen molar-refractivity contribution in [2.75, 3.05) is 5.32 Å². The van der Waals surface area contributed by atoms with Crippen LogP contribution in [-0.2, 0) is 17.4 Å². The zero-order chi connectivity index (χ0) is 20.1. The molecule has 1 aliphatic carbocycles. The molecule has 2 heterocycles. The summed E-state index contributed by atoms with van der Waals surface area (Å²) in [7, 11) is 1.83. The minimum absolute atomic E-state index is 0.175. The first kappa shape index (κ1) is 18.6.